The lowest BCUT2D eigenvalue weighted by atomic mass is 10.00. The Morgan fingerprint density at radius 3 is 2.50 bits per heavy atom. The lowest BCUT2D eigenvalue weighted by Crippen LogP contribution is -2.28. The van der Waals surface area contributed by atoms with Crippen LogP contribution in [0.15, 0.2) is 18.2 Å². The zero-order valence-electron chi connectivity index (χ0n) is 12.6. The van der Waals surface area contributed by atoms with Gasteiger partial charge in [0.25, 0.3) is 0 Å². The van der Waals surface area contributed by atoms with Crippen molar-refractivity contribution in [2.24, 2.45) is 5.84 Å². The molecule has 0 aromatic heterocycles. The maximum absolute atomic E-state index is 13.7. The van der Waals surface area contributed by atoms with Crippen LogP contribution in [0.5, 0.6) is 5.75 Å². The summed E-state index contributed by atoms with van der Waals surface area (Å²) in [6.45, 7) is 2.21. The van der Waals surface area contributed by atoms with Crippen molar-refractivity contribution in [1.82, 2.24) is 5.43 Å². The van der Waals surface area contributed by atoms with Crippen LogP contribution in [-0.2, 0) is 0 Å². The molecule has 0 saturated heterocycles. The molecule has 3 nitrogen and oxygen atoms in total. The molecule has 0 aliphatic heterocycles. The largest absolute Gasteiger partial charge is 0.494 e. The molecule has 4 heteroatoms. The van der Waals surface area contributed by atoms with Crippen LogP contribution in [0.4, 0.5) is 4.39 Å². The molecule has 0 fully saturated rings. The fraction of sp³-hybridized carbons (Fsp3) is 0.625. The summed E-state index contributed by atoms with van der Waals surface area (Å²) < 4.78 is 18.6. The second-order valence-electron chi connectivity index (χ2n) is 5.17. The number of halogens is 1. The average Bonchev–Trinajstić information content (AvgIpc) is 2.46. The minimum absolute atomic E-state index is 0.00146. The molecule has 0 radical (unpaired) electrons. The van der Waals surface area contributed by atoms with Gasteiger partial charge in [-0.2, -0.15) is 0 Å². The predicted octanol–water partition coefficient (Wildman–Crippen LogP) is 4.09. The molecule has 0 amide bonds. The van der Waals surface area contributed by atoms with E-state index < -0.39 is 0 Å². The van der Waals surface area contributed by atoms with Crippen LogP contribution < -0.4 is 16.0 Å². The van der Waals surface area contributed by atoms with E-state index in [4.69, 9.17) is 10.6 Å². The summed E-state index contributed by atoms with van der Waals surface area (Å²) in [5, 5.41) is 0. The number of rotatable bonds is 10. The highest BCUT2D eigenvalue weighted by Crippen LogP contribution is 2.24. The van der Waals surface area contributed by atoms with Gasteiger partial charge in [0, 0.05) is 6.04 Å². The van der Waals surface area contributed by atoms with Crippen LogP contribution >= 0.6 is 0 Å². The molecule has 1 aromatic rings. The number of hydrogen-bond acceptors (Lipinski definition) is 3. The quantitative estimate of drug-likeness (QED) is 0.386. The minimum Gasteiger partial charge on any atom is -0.494 e. The van der Waals surface area contributed by atoms with Crippen molar-refractivity contribution in [3.05, 3.63) is 29.6 Å². The highest BCUT2D eigenvalue weighted by atomic mass is 19.1. The second-order valence-corrected chi connectivity index (χ2v) is 5.17. The van der Waals surface area contributed by atoms with Gasteiger partial charge < -0.3 is 4.74 Å². The Labute approximate surface area is 121 Å². The molecular formula is C16H27FN2O. The van der Waals surface area contributed by atoms with Gasteiger partial charge in [-0.05, 0) is 24.1 Å². The summed E-state index contributed by atoms with van der Waals surface area (Å²) in [4.78, 5) is 0. The molecule has 0 heterocycles. The summed E-state index contributed by atoms with van der Waals surface area (Å²) in [6, 6.07) is 5.02. The monoisotopic (exact) mass is 282 g/mol. The van der Waals surface area contributed by atoms with E-state index in [0.29, 0.717) is 0 Å². The van der Waals surface area contributed by atoms with Crippen LogP contribution in [-0.4, -0.2) is 7.11 Å². The van der Waals surface area contributed by atoms with Gasteiger partial charge in [-0.3, -0.25) is 11.3 Å². The fourth-order valence-corrected chi connectivity index (χ4v) is 2.37. The van der Waals surface area contributed by atoms with Crippen molar-refractivity contribution >= 4 is 0 Å². The molecule has 114 valence electrons. The lowest BCUT2D eigenvalue weighted by Gasteiger charge is -2.17. The minimum atomic E-state index is -0.340. The van der Waals surface area contributed by atoms with Crippen molar-refractivity contribution in [3.8, 4) is 5.75 Å². The van der Waals surface area contributed by atoms with Gasteiger partial charge in [-0.25, -0.2) is 4.39 Å². The van der Waals surface area contributed by atoms with E-state index in [9.17, 15) is 4.39 Å². The number of hydrazine groups is 1. The van der Waals surface area contributed by atoms with E-state index in [1.54, 1.807) is 6.07 Å². The van der Waals surface area contributed by atoms with Crippen molar-refractivity contribution < 1.29 is 9.13 Å². The molecule has 1 aromatic carbocycles. The van der Waals surface area contributed by atoms with Gasteiger partial charge in [0.1, 0.15) is 0 Å². The topological polar surface area (TPSA) is 47.3 Å². The lowest BCUT2D eigenvalue weighted by molar-refractivity contribution is 0.385. The van der Waals surface area contributed by atoms with Gasteiger partial charge in [-0.15, -0.1) is 0 Å². The Morgan fingerprint density at radius 2 is 1.90 bits per heavy atom. The van der Waals surface area contributed by atoms with Crippen molar-refractivity contribution in [2.45, 2.75) is 57.9 Å². The van der Waals surface area contributed by atoms with Crippen LogP contribution in [0.2, 0.25) is 0 Å². The van der Waals surface area contributed by atoms with Crippen molar-refractivity contribution in [2.75, 3.05) is 7.11 Å². The number of unbranched alkanes of at least 4 members (excludes halogenated alkanes) is 5. The van der Waals surface area contributed by atoms with E-state index in [0.717, 1.165) is 18.4 Å². The Hall–Kier alpha value is -1.13. The Kier molecular flexibility index (Phi) is 8.23. The van der Waals surface area contributed by atoms with Gasteiger partial charge in [-0.1, -0.05) is 51.5 Å². The molecule has 0 spiro atoms. The zero-order chi connectivity index (χ0) is 14.8. The summed E-state index contributed by atoms with van der Waals surface area (Å²) in [5.41, 5.74) is 3.65. The zero-order valence-corrected chi connectivity index (χ0v) is 12.6. The summed E-state index contributed by atoms with van der Waals surface area (Å²) in [7, 11) is 1.47. The molecular weight excluding hydrogens is 255 g/mol. The Bertz CT molecular complexity index is 385. The van der Waals surface area contributed by atoms with Gasteiger partial charge in [0.05, 0.1) is 7.11 Å². The Morgan fingerprint density at radius 1 is 1.20 bits per heavy atom. The highest BCUT2D eigenvalue weighted by Gasteiger charge is 2.12. The number of ether oxygens (including phenoxy) is 1. The third kappa shape index (κ3) is 5.47. The summed E-state index contributed by atoms with van der Waals surface area (Å²) >= 11 is 0. The van der Waals surface area contributed by atoms with E-state index in [-0.39, 0.29) is 17.6 Å². The van der Waals surface area contributed by atoms with Crippen LogP contribution in [0.1, 0.15) is 63.5 Å². The standard InChI is InChI=1S/C16H27FN2O/c1-3-4-5-6-7-8-9-15(19-18)13-10-11-16(20-2)14(17)12-13/h10-12,15,19H,3-9,18H2,1-2H3. The number of methoxy groups -OCH3 is 1. The second kappa shape index (κ2) is 9.72. The average molecular weight is 282 g/mol. The highest BCUT2D eigenvalue weighted by molar-refractivity contribution is 5.30. The smallest absolute Gasteiger partial charge is 0.165 e. The van der Waals surface area contributed by atoms with Crippen LogP contribution in [0.3, 0.4) is 0 Å². The number of benzene rings is 1. The van der Waals surface area contributed by atoms with E-state index in [2.05, 4.69) is 12.3 Å². The van der Waals surface area contributed by atoms with E-state index in [1.807, 2.05) is 6.07 Å². The normalized spacial score (nSPS) is 12.4. The first-order valence-electron chi connectivity index (χ1n) is 7.52. The first-order chi connectivity index (χ1) is 9.72. The van der Waals surface area contributed by atoms with Gasteiger partial charge in [0.2, 0.25) is 0 Å². The fourth-order valence-electron chi connectivity index (χ4n) is 2.37. The first kappa shape index (κ1) is 16.9. The predicted molar refractivity (Wildman–Crippen MR) is 81.0 cm³/mol. The maximum Gasteiger partial charge on any atom is 0.165 e. The van der Waals surface area contributed by atoms with E-state index in [1.165, 1.54) is 45.3 Å². The summed E-state index contributed by atoms with van der Waals surface area (Å²) in [5.74, 6) is 5.51. The molecule has 0 aliphatic rings. The molecule has 3 N–H and O–H groups in total. The van der Waals surface area contributed by atoms with Crippen molar-refractivity contribution in [3.63, 3.8) is 0 Å². The molecule has 0 saturated carbocycles. The maximum atomic E-state index is 13.7. The molecule has 1 rings (SSSR count). The third-order valence-corrected chi connectivity index (χ3v) is 3.63. The van der Waals surface area contributed by atoms with Crippen molar-refractivity contribution in [1.29, 1.82) is 0 Å². The number of nitrogens with two attached hydrogens (primary N) is 1. The molecule has 1 atom stereocenters. The summed E-state index contributed by atoms with van der Waals surface area (Å²) in [6.07, 6.45) is 8.37. The first-order valence-corrected chi connectivity index (χ1v) is 7.52. The van der Waals surface area contributed by atoms with Crippen LogP contribution in [0.25, 0.3) is 0 Å². The van der Waals surface area contributed by atoms with Crippen LogP contribution in [0, 0.1) is 5.82 Å². The molecule has 0 aliphatic carbocycles. The number of hydrogen-bond donors (Lipinski definition) is 2. The molecule has 0 bridgehead atoms. The van der Waals surface area contributed by atoms with E-state index >= 15 is 0 Å². The SMILES string of the molecule is CCCCCCCCC(NN)c1ccc(OC)c(F)c1. The van der Waals surface area contributed by atoms with Gasteiger partial charge in [0.15, 0.2) is 11.6 Å². The molecule has 1 unspecified atom stereocenters. The Balaban J connectivity index is 2.43. The van der Waals surface area contributed by atoms with Gasteiger partial charge >= 0.3 is 0 Å². The third-order valence-electron chi connectivity index (χ3n) is 3.63. The number of nitrogens with one attached hydrogen (secondary N) is 1. The molecule has 20 heavy (non-hydrogen) atoms.